The molecule has 3 rings (SSSR count). The molecule has 0 aliphatic carbocycles. The van der Waals surface area contributed by atoms with Crippen LogP contribution in [0.5, 0.6) is 0 Å². The van der Waals surface area contributed by atoms with Crippen molar-refractivity contribution in [1.82, 2.24) is 4.98 Å². The summed E-state index contributed by atoms with van der Waals surface area (Å²) < 4.78 is 5.55. The fraction of sp³-hybridized carbons (Fsp3) is 0.357. The molecule has 1 atom stereocenters. The van der Waals surface area contributed by atoms with E-state index in [2.05, 4.69) is 36.1 Å². The van der Waals surface area contributed by atoms with Gasteiger partial charge in [-0.2, -0.15) is 0 Å². The summed E-state index contributed by atoms with van der Waals surface area (Å²) >= 11 is 0. The van der Waals surface area contributed by atoms with Crippen LogP contribution in [0.1, 0.15) is 6.92 Å². The summed E-state index contributed by atoms with van der Waals surface area (Å²) in [6, 6.07) is 12.5. The number of aromatic nitrogens is 1. The lowest BCUT2D eigenvalue weighted by molar-refractivity contribution is 0.0529. The van der Waals surface area contributed by atoms with E-state index in [1.165, 1.54) is 5.39 Å². The lowest BCUT2D eigenvalue weighted by atomic mass is 10.2. The van der Waals surface area contributed by atoms with Gasteiger partial charge in [0.15, 0.2) is 0 Å². The Morgan fingerprint density at radius 2 is 2.12 bits per heavy atom. The second-order valence-corrected chi connectivity index (χ2v) is 4.49. The molecule has 17 heavy (non-hydrogen) atoms. The SMILES string of the molecule is CC1CN(c2ccc3ccccc3n2)CCO1. The van der Waals surface area contributed by atoms with Crippen molar-refractivity contribution in [2.75, 3.05) is 24.6 Å². The number of para-hydroxylation sites is 1. The summed E-state index contributed by atoms with van der Waals surface area (Å²) in [4.78, 5) is 7.00. The quantitative estimate of drug-likeness (QED) is 0.749. The first-order chi connectivity index (χ1) is 8.33. The van der Waals surface area contributed by atoms with Crippen LogP contribution in [-0.2, 0) is 4.74 Å². The van der Waals surface area contributed by atoms with Crippen molar-refractivity contribution in [2.45, 2.75) is 13.0 Å². The van der Waals surface area contributed by atoms with E-state index < -0.39 is 0 Å². The van der Waals surface area contributed by atoms with Gasteiger partial charge in [0.05, 0.1) is 18.2 Å². The smallest absolute Gasteiger partial charge is 0.129 e. The predicted octanol–water partition coefficient (Wildman–Crippen LogP) is 2.46. The molecule has 88 valence electrons. The van der Waals surface area contributed by atoms with Gasteiger partial charge in [0.1, 0.15) is 5.82 Å². The van der Waals surface area contributed by atoms with Gasteiger partial charge in [-0.15, -0.1) is 0 Å². The minimum absolute atomic E-state index is 0.289. The molecule has 1 saturated heterocycles. The highest BCUT2D eigenvalue weighted by Crippen LogP contribution is 2.19. The molecule has 0 saturated carbocycles. The van der Waals surface area contributed by atoms with Gasteiger partial charge in [-0.05, 0) is 25.1 Å². The number of anilines is 1. The van der Waals surface area contributed by atoms with E-state index in [1.54, 1.807) is 0 Å². The van der Waals surface area contributed by atoms with Gasteiger partial charge in [-0.1, -0.05) is 18.2 Å². The Hall–Kier alpha value is -1.61. The van der Waals surface area contributed by atoms with Crippen LogP contribution < -0.4 is 4.90 Å². The molecule has 0 radical (unpaired) electrons. The number of hydrogen-bond donors (Lipinski definition) is 0. The van der Waals surface area contributed by atoms with E-state index in [1.807, 2.05) is 12.1 Å². The van der Waals surface area contributed by atoms with E-state index in [0.29, 0.717) is 0 Å². The maximum Gasteiger partial charge on any atom is 0.129 e. The van der Waals surface area contributed by atoms with Crippen molar-refractivity contribution in [1.29, 1.82) is 0 Å². The second-order valence-electron chi connectivity index (χ2n) is 4.49. The molecule has 1 unspecified atom stereocenters. The van der Waals surface area contributed by atoms with Crippen molar-refractivity contribution in [3.63, 3.8) is 0 Å². The Morgan fingerprint density at radius 1 is 1.24 bits per heavy atom. The normalized spacial score (nSPS) is 20.8. The first kappa shape index (κ1) is 10.5. The molecule has 0 amide bonds. The third kappa shape index (κ3) is 2.11. The van der Waals surface area contributed by atoms with Gasteiger partial charge in [0, 0.05) is 18.5 Å². The van der Waals surface area contributed by atoms with Gasteiger partial charge in [0.2, 0.25) is 0 Å². The lowest BCUT2D eigenvalue weighted by Crippen LogP contribution is -2.41. The van der Waals surface area contributed by atoms with Crippen LogP contribution in [0.25, 0.3) is 10.9 Å². The number of fused-ring (bicyclic) bond motifs is 1. The minimum atomic E-state index is 0.289. The van der Waals surface area contributed by atoms with Crippen LogP contribution in [-0.4, -0.2) is 30.8 Å². The highest BCUT2D eigenvalue weighted by molar-refractivity contribution is 5.80. The lowest BCUT2D eigenvalue weighted by Gasteiger charge is -2.32. The van der Waals surface area contributed by atoms with E-state index in [0.717, 1.165) is 31.0 Å². The molecular formula is C14H16N2O. The molecule has 1 fully saturated rings. The van der Waals surface area contributed by atoms with Crippen LogP contribution in [0.2, 0.25) is 0 Å². The van der Waals surface area contributed by atoms with Crippen molar-refractivity contribution in [3.05, 3.63) is 36.4 Å². The zero-order valence-corrected chi connectivity index (χ0v) is 9.97. The van der Waals surface area contributed by atoms with Crippen molar-refractivity contribution in [3.8, 4) is 0 Å². The number of rotatable bonds is 1. The fourth-order valence-corrected chi connectivity index (χ4v) is 2.26. The van der Waals surface area contributed by atoms with Crippen LogP contribution in [0.4, 0.5) is 5.82 Å². The Kier molecular flexibility index (Phi) is 2.69. The highest BCUT2D eigenvalue weighted by atomic mass is 16.5. The van der Waals surface area contributed by atoms with Crippen LogP contribution >= 0.6 is 0 Å². The summed E-state index contributed by atoms with van der Waals surface area (Å²) in [5.41, 5.74) is 1.06. The summed E-state index contributed by atoms with van der Waals surface area (Å²) in [6.07, 6.45) is 0.289. The third-order valence-electron chi connectivity index (χ3n) is 3.15. The average Bonchev–Trinajstić information content (AvgIpc) is 2.38. The van der Waals surface area contributed by atoms with Gasteiger partial charge in [-0.3, -0.25) is 0 Å². The minimum Gasteiger partial charge on any atom is -0.375 e. The molecule has 3 nitrogen and oxygen atoms in total. The number of ether oxygens (including phenoxy) is 1. The molecule has 0 N–H and O–H groups in total. The maximum absolute atomic E-state index is 5.55. The van der Waals surface area contributed by atoms with Gasteiger partial charge < -0.3 is 9.64 Å². The number of morpholine rings is 1. The first-order valence-corrected chi connectivity index (χ1v) is 6.05. The molecular weight excluding hydrogens is 212 g/mol. The van der Waals surface area contributed by atoms with Crippen LogP contribution in [0, 0.1) is 0 Å². The largest absolute Gasteiger partial charge is 0.375 e. The molecule has 0 bridgehead atoms. The number of benzene rings is 1. The molecule has 1 aliphatic rings. The van der Waals surface area contributed by atoms with E-state index >= 15 is 0 Å². The van der Waals surface area contributed by atoms with Crippen LogP contribution in [0.15, 0.2) is 36.4 Å². The van der Waals surface area contributed by atoms with Crippen molar-refractivity contribution in [2.24, 2.45) is 0 Å². The zero-order valence-electron chi connectivity index (χ0n) is 9.97. The van der Waals surface area contributed by atoms with Crippen molar-refractivity contribution < 1.29 is 4.74 Å². The Bertz CT molecular complexity index is 526. The summed E-state index contributed by atoms with van der Waals surface area (Å²) in [5, 5.41) is 1.19. The van der Waals surface area contributed by atoms with E-state index in [4.69, 9.17) is 9.72 Å². The Labute approximate surface area is 101 Å². The van der Waals surface area contributed by atoms with Gasteiger partial charge >= 0.3 is 0 Å². The Balaban J connectivity index is 1.94. The fourth-order valence-electron chi connectivity index (χ4n) is 2.26. The predicted molar refractivity (Wildman–Crippen MR) is 69.4 cm³/mol. The van der Waals surface area contributed by atoms with Gasteiger partial charge in [0.25, 0.3) is 0 Å². The second kappa shape index (κ2) is 4.34. The Morgan fingerprint density at radius 3 is 3.00 bits per heavy atom. The first-order valence-electron chi connectivity index (χ1n) is 6.05. The monoisotopic (exact) mass is 228 g/mol. The molecule has 1 aliphatic heterocycles. The molecule has 2 aromatic rings. The molecule has 1 aromatic carbocycles. The van der Waals surface area contributed by atoms with E-state index in [9.17, 15) is 0 Å². The molecule has 0 spiro atoms. The van der Waals surface area contributed by atoms with Gasteiger partial charge in [-0.25, -0.2) is 4.98 Å². The molecule has 2 heterocycles. The summed E-state index contributed by atoms with van der Waals surface area (Å²) in [7, 11) is 0. The molecule has 1 aromatic heterocycles. The zero-order chi connectivity index (χ0) is 11.7. The summed E-state index contributed by atoms with van der Waals surface area (Å²) in [6.45, 7) is 4.74. The summed E-state index contributed by atoms with van der Waals surface area (Å²) in [5.74, 6) is 1.05. The third-order valence-corrected chi connectivity index (χ3v) is 3.15. The number of pyridine rings is 1. The average molecular weight is 228 g/mol. The standard InChI is InChI=1S/C14H16N2O/c1-11-10-16(8-9-17-11)14-7-6-12-4-2-3-5-13(12)15-14/h2-7,11H,8-10H2,1H3. The molecule has 3 heteroatoms. The van der Waals surface area contributed by atoms with Crippen LogP contribution in [0.3, 0.4) is 0 Å². The number of hydrogen-bond acceptors (Lipinski definition) is 3. The highest BCUT2D eigenvalue weighted by Gasteiger charge is 2.17. The maximum atomic E-state index is 5.55. The van der Waals surface area contributed by atoms with E-state index in [-0.39, 0.29) is 6.10 Å². The van der Waals surface area contributed by atoms with Crippen molar-refractivity contribution >= 4 is 16.7 Å². The topological polar surface area (TPSA) is 25.4 Å². The number of nitrogens with zero attached hydrogens (tertiary/aromatic N) is 2.